The van der Waals surface area contributed by atoms with Crippen molar-refractivity contribution in [2.45, 2.75) is 18.6 Å². The van der Waals surface area contributed by atoms with Crippen molar-refractivity contribution >= 4 is 18.3 Å². The fourth-order valence-corrected chi connectivity index (χ4v) is 3.66. The number of amides is 1. The molecule has 0 bridgehead atoms. The first-order chi connectivity index (χ1) is 12.9. The molecule has 1 saturated heterocycles. The van der Waals surface area contributed by atoms with E-state index in [1.807, 2.05) is 43.3 Å². The Hall–Kier alpha value is -2.23. The number of carbonyl (C=O) groups excluding carboxylic acids is 1. The largest absolute Gasteiger partial charge is 0.497 e. The number of halogens is 1. The fourth-order valence-electron chi connectivity index (χ4n) is 3.66. The van der Waals surface area contributed by atoms with Crippen molar-refractivity contribution < 1.29 is 14.6 Å². The van der Waals surface area contributed by atoms with Gasteiger partial charge in [0.15, 0.2) is 0 Å². The number of hydrogen-bond donors (Lipinski definition) is 1. The van der Waals surface area contributed by atoms with Gasteiger partial charge in [-0.1, -0.05) is 12.1 Å². The highest BCUT2D eigenvalue weighted by Crippen LogP contribution is 2.39. The molecule has 1 amide bonds. The van der Waals surface area contributed by atoms with Gasteiger partial charge in [-0.2, -0.15) is 0 Å². The van der Waals surface area contributed by atoms with Crippen LogP contribution < -0.4 is 4.74 Å². The van der Waals surface area contributed by atoms with Gasteiger partial charge in [0.25, 0.3) is 0 Å². The molecule has 3 rings (SSSR count). The minimum atomic E-state index is -1.02. The zero-order valence-corrected chi connectivity index (χ0v) is 17.2. The number of benzene rings is 1. The highest BCUT2D eigenvalue weighted by molar-refractivity contribution is 5.85. The van der Waals surface area contributed by atoms with Gasteiger partial charge in [0, 0.05) is 25.6 Å². The van der Waals surface area contributed by atoms with Gasteiger partial charge in [0.05, 0.1) is 12.7 Å². The number of aliphatic hydroxyl groups is 1. The Kier molecular flexibility index (Phi) is 7.34. The maximum Gasteiger partial charge on any atom is 0.244 e. The van der Waals surface area contributed by atoms with Crippen molar-refractivity contribution in [2.24, 2.45) is 5.92 Å². The van der Waals surface area contributed by atoms with Crippen LogP contribution in [-0.2, 0) is 16.9 Å². The maximum atomic E-state index is 12.6. The third-order valence-corrected chi connectivity index (χ3v) is 5.08. The Morgan fingerprint density at radius 2 is 2.21 bits per heavy atom. The van der Waals surface area contributed by atoms with Gasteiger partial charge < -0.3 is 19.6 Å². The average molecular weight is 411 g/mol. The number of aromatic nitrogens is 4. The van der Waals surface area contributed by atoms with Gasteiger partial charge >= 0.3 is 0 Å². The number of rotatable bonds is 6. The molecule has 10 heteroatoms. The van der Waals surface area contributed by atoms with E-state index in [9.17, 15) is 9.90 Å². The number of tetrazole rings is 1. The lowest BCUT2D eigenvalue weighted by atomic mass is 9.75. The molecule has 154 valence electrons. The first-order valence-electron chi connectivity index (χ1n) is 8.92. The standard InChI is InChI=1S/C18H26N6O3.ClH/c1-22(2)10-15-11-23(17(25)12-24-13-19-20-21-24)8-7-18(15,26)14-5-4-6-16(9-14)27-3;/h4-6,9,13,15,26H,7-8,10-12H2,1-3H3;1H. The summed E-state index contributed by atoms with van der Waals surface area (Å²) in [6, 6.07) is 7.54. The zero-order chi connectivity index (χ0) is 19.4. The lowest BCUT2D eigenvalue weighted by Gasteiger charge is -2.46. The summed E-state index contributed by atoms with van der Waals surface area (Å²) in [4.78, 5) is 16.5. The van der Waals surface area contributed by atoms with E-state index in [1.165, 1.54) is 11.0 Å². The van der Waals surface area contributed by atoms with E-state index in [2.05, 4.69) is 15.5 Å². The second-order valence-electron chi connectivity index (χ2n) is 7.21. The molecule has 2 heterocycles. The van der Waals surface area contributed by atoms with E-state index in [4.69, 9.17) is 4.74 Å². The summed E-state index contributed by atoms with van der Waals surface area (Å²) >= 11 is 0. The average Bonchev–Trinajstić information content (AvgIpc) is 3.16. The molecule has 2 unspecified atom stereocenters. The van der Waals surface area contributed by atoms with Crippen LogP contribution in [0, 0.1) is 5.92 Å². The molecule has 2 atom stereocenters. The van der Waals surface area contributed by atoms with Gasteiger partial charge in [-0.05, 0) is 48.6 Å². The number of carbonyl (C=O) groups is 1. The molecule has 1 aromatic carbocycles. The van der Waals surface area contributed by atoms with Gasteiger partial charge in [0.1, 0.15) is 18.6 Å². The maximum absolute atomic E-state index is 12.6. The summed E-state index contributed by atoms with van der Waals surface area (Å²) in [6.45, 7) is 1.69. The number of ether oxygens (including phenoxy) is 1. The lowest BCUT2D eigenvalue weighted by Crippen LogP contribution is -2.55. The molecule has 1 N–H and O–H groups in total. The number of hydrogen-bond acceptors (Lipinski definition) is 7. The smallest absolute Gasteiger partial charge is 0.244 e. The molecule has 1 aromatic heterocycles. The number of piperidine rings is 1. The second-order valence-corrected chi connectivity index (χ2v) is 7.21. The first-order valence-corrected chi connectivity index (χ1v) is 8.92. The van der Waals surface area contributed by atoms with Gasteiger partial charge in [-0.3, -0.25) is 4.79 Å². The number of likely N-dealkylation sites (tertiary alicyclic amines) is 1. The Morgan fingerprint density at radius 1 is 1.43 bits per heavy atom. The molecule has 0 saturated carbocycles. The molecule has 1 fully saturated rings. The summed E-state index contributed by atoms with van der Waals surface area (Å²) in [5, 5.41) is 22.4. The van der Waals surface area contributed by atoms with Crippen LogP contribution in [-0.4, -0.2) is 81.9 Å². The third-order valence-electron chi connectivity index (χ3n) is 5.08. The van der Waals surface area contributed by atoms with Crippen LogP contribution in [0.25, 0.3) is 0 Å². The van der Waals surface area contributed by atoms with Gasteiger partial charge in [-0.25, -0.2) is 4.68 Å². The van der Waals surface area contributed by atoms with Crippen molar-refractivity contribution in [1.29, 1.82) is 0 Å². The summed E-state index contributed by atoms with van der Waals surface area (Å²) < 4.78 is 6.73. The Bertz CT molecular complexity index is 772. The van der Waals surface area contributed by atoms with Crippen LogP contribution in [0.4, 0.5) is 0 Å². The van der Waals surface area contributed by atoms with Crippen LogP contribution in [0.5, 0.6) is 5.75 Å². The molecule has 9 nitrogen and oxygen atoms in total. The van der Waals surface area contributed by atoms with E-state index in [0.717, 1.165) is 5.56 Å². The van der Waals surface area contributed by atoms with E-state index in [0.29, 0.717) is 31.8 Å². The highest BCUT2D eigenvalue weighted by atomic mass is 35.5. The molecule has 28 heavy (non-hydrogen) atoms. The summed E-state index contributed by atoms with van der Waals surface area (Å²) in [6.07, 6.45) is 1.88. The SMILES string of the molecule is COc1cccc(C2(O)CCN(C(=O)Cn3cnnn3)CC2CN(C)C)c1.Cl. The van der Waals surface area contributed by atoms with E-state index >= 15 is 0 Å². The molecular formula is C18H27ClN6O3. The van der Waals surface area contributed by atoms with Crippen LogP contribution in [0.15, 0.2) is 30.6 Å². The van der Waals surface area contributed by atoms with Crippen molar-refractivity contribution in [1.82, 2.24) is 30.0 Å². The molecule has 0 spiro atoms. The quantitative estimate of drug-likeness (QED) is 0.736. The van der Waals surface area contributed by atoms with Crippen LogP contribution in [0.3, 0.4) is 0 Å². The van der Waals surface area contributed by atoms with Gasteiger partial charge in [-0.15, -0.1) is 17.5 Å². The van der Waals surface area contributed by atoms with Crippen LogP contribution in [0.2, 0.25) is 0 Å². The normalized spacial score (nSPS) is 22.0. The predicted molar refractivity (Wildman–Crippen MR) is 105 cm³/mol. The number of nitrogens with zero attached hydrogens (tertiary/aromatic N) is 6. The first kappa shape index (κ1) is 22.1. The molecular weight excluding hydrogens is 384 g/mol. The van der Waals surface area contributed by atoms with E-state index in [-0.39, 0.29) is 30.8 Å². The Morgan fingerprint density at radius 3 is 2.86 bits per heavy atom. The summed E-state index contributed by atoms with van der Waals surface area (Å²) in [5.41, 5.74) is -0.203. The minimum Gasteiger partial charge on any atom is -0.497 e. The molecule has 1 aliphatic rings. The van der Waals surface area contributed by atoms with Crippen LogP contribution in [0.1, 0.15) is 12.0 Å². The lowest BCUT2D eigenvalue weighted by molar-refractivity contribution is -0.142. The van der Waals surface area contributed by atoms with Crippen molar-refractivity contribution in [3.05, 3.63) is 36.2 Å². The molecule has 0 radical (unpaired) electrons. The van der Waals surface area contributed by atoms with E-state index < -0.39 is 5.60 Å². The Balaban J connectivity index is 0.00000280. The molecule has 0 aliphatic carbocycles. The van der Waals surface area contributed by atoms with Gasteiger partial charge in [0.2, 0.25) is 5.91 Å². The molecule has 2 aromatic rings. The summed E-state index contributed by atoms with van der Waals surface area (Å²) in [7, 11) is 5.54. The van der Waals surface area contributed by atoms with E-state index in [1.54, 1.807) is 12.0 Å². The predicted octanol–water partition coefficient (Wildman–Crippen LogP) is 0.401. The summed E-state index contributed by atoms with van der Waals surface area (Å²) in [5.74, 6) is 0.520. The monoisotopic (exact) mass is 410 g/mol. The second kappa shape index (κ2) is 9.31. The number of methoxy groups -OCH3 is 1. The zero-order valence-electron chi connectivity index (χ0n) is 16.4. The topological polar surface area (TPSA) is 96.6 Å². The fraction of sp³-hybridized carbons (Fsp3) is 0.556. The van der Waals surface area contributed by atoms with Crippen LogP contribution >= 0.6 is 12.4 Å². The third kappa shape index (κ3) is 4.78. The Labute approximate surface area is 170 Å². The van der Waals surface area contributed by atoms with Crippen molar-refractivity contribution in [3.8, 4) is 5.75 Å². The highest BCUT2D eigenvalue weighted by Gasteiger charge is 2.44. The van der Waals surface area contributed by atoms with Crippen molar-refractivity contribution in [2.75, 3.05) is 40.8 Å². The minimum absolute atomic E-state index is 0. The van der Waals surface area contributed by atoms with Crippen molar-refractivity contribution in [3.63, 3.8) is 0 Å². The molecule has 1 aliphatic heterocycles.